The standard InChI is InChI=1S/C14H17NO5/c16-13(12-9-19-6-7-20-12)15-11(14(17)18)8-10-4-2-1-3-5-10/h1-5,11-12H,6-9H2,(H,15,16)(H,17,18)/t11-,12-/m0/s1. The molecule has 0 saturated carbocycles. The normalized spacial score (nSPS) is 20.1. The van der Waals surface area contributed by atoms with Gasteiger partial charge in [0, 0.05) is 6.42 Å². The quantitative estimate of drug-likeness (QED) is 0.805. The largest absolute Gasteiger partial charge is 0.480 e. The van der Waals surface area contributed by atoms with E-state index in [1.807, 2.05) is 30.3 Å². The van der Waals surface area contributed by atoms with E-state index < -0.39 is 24.0 Å². The van der Waals surface area contributed by atoms with E-state index in [0.29, 0.717) is 13.2 Å². The van der Waals surface area contributed by atoms with Crippen molar-refractivity contribution in [2.75, 3.05) is 19.8 Å². The first-order chi connectivity index (χ1) is 9.66. The monoisotopic (exact) mass is 279 g/mol. The molecule has 6 nitrogen and oxygen atoms in total. The smallest absolute Gasteiger partial charge is 0.326 e. The van der Waals surface area contributed by atoms with E-state index in [2.05, 4.69) is 5.32 Å². The number of carbonyl (C=O) groups excluding carboxylic acids is 1. The number of carbonyl (C=O) groups is 2. The van der Waals surface area contributed by atoms with Crippen LogP contribution in [0.1, 0.15) is 5.56 Å². The highest BCUT2D eigenvalue weighted by Crippen LogP contribution is 2.06. The Morgan fingerprint density at radius 2 is 2.05 bits per heavy atom. The van der Waals surface area contributed by atoms with Crippen LogP contribution in [-0.4, -0.2) is 48.9 Å². The first-order valence-electron chi connectivity index (χ1n) is 6.43. The number of amides is 1. The third-order valence-corrected chi connectivity index (χ3v) is 3.01. The summed E-state index contributed by atoms with van der Waals surface area (Å²) in [6.07, 6.45) is -0.503. The van der Waals surface area contributed by atoms with Gasteiger partial charge in [-0.3, -0.25) is 4.79 Å². The zero-order valence-electron chi connectivity index (χ0n) is 11.0. The Bertz CT molecular complexity index is 456. The van der Waals surface area contributed by atoms with Crippen LogP contribution in [0, 0.1) is 0 Å². The lowest BCUT2D eigenvalue weighted by Gasteiger charge is -2.24. The van der Waals surface area contributed by atoms with E-state index in [9.17, 15) is 14.7 Å². The van der Waals surface area contributed by atoms with Crippen molar-refractivity contribution in [2.45, 2.75) is 18.6 Å². The van der Waals surface area contributed by atoms with Gasteiger partial charge in [-0.15, -0.1) is 0 Å². The number of hydrogen-bond donors (Lipinski definition) is 2. The Hall–Kier alpha value is -1.92. The van der Waals surface area contributed by atoms with Crippen LogP contribution in [0.4, 0.5) is 0 Å². The molecule has 0 aliphatic carbocycles. The molecule has 2 atom stereocenters. The molecule has 1 fully saturated rings. The molecule has 1 aliphatic rings. The van der Waals surface area contributed by atoms with E-state index >= 15 is 0 Å². The van der Waals surface area contributed by atoms with Crippen LogP contribution in [0.5, 0.6) is 0 Å². The third-order valence-electron chi connectivity index (χ3n) is 3.01. The van der Waals surface area contributed by atoms with Gasteiger partial charge in [-0.05, 0) is 5.56 Å². The molecule has 0 aromatic heterocycles. The molecule has 20 heavy (non-hydrogen) atoms. The fourth-order valence-corrected chi connectivity index (χ4v) is 1.95. The van der Waals surface area contributed by atoms with Crippen LogP contribution in [0.15, 0.2) is 30.3 Å². The molecule has 1 heterocycles. The summed E-state index contributed by atoms with van der Waals surface area (Å²) in [6.45, 7) is 0.953. The lowest BCUT2D eigenvalue weighted by Crippen LogP contribution is -2.50. The van der Waals surface area contributed by atoms with Gasteiger partial charge in [0.1, 0.15) is 6.04 Å². The van der Waals surface area contributed by atoms with Crippen molar-refractivity contribution in [3.63, 3.8) is 0 Å². The molecule has 1 saturated heterocycles. The van der Waals surface area contributed by atoms with Crippen molar-refractivity contribution in [1.82, 2.24) is 5.32 Å². The zero-order valence-corrected chi connectivity index (χ0v) is 11.0. The van der Waals surface area contributed by atoms with E-state index in [1.54, 1.807) is 0 Å². The van der Waals surface area contributed by atoms with Crippen molar-refractivity contribution in [1.29, 1.82) is 0 Å². The van der Waals surface area contributed by atoms with Gasteiger partial charge in [0.2, 0.25) is 0 Å². The van der Waals surface area contributed by atoms with Crippen LogP contribution in [-0.2, 0) is 25.5 Å². The summed E-state index contributed by atoms with van der Waals surface area (Å²) in [4.78, 5) is 23.2. The number of hydrogen-bond acceptors (Lipinski definition) is 4. The second-order valence-corrected chi connectivity index (χ2v) is 4.52. The molecule has 108 valence electrons. The molecule has 0 radical (unpaired) electrons. The molecular weight excluding hydrogens is 262 g/mol. The Kier molecular flexibility index (Phi) is 5.09. The molecule has 0 bridgehead atoms. The molecule has 1 aliphatic heterocycles. The first-order valence-corrected chi connectivity index (χ1v) is 6.43. The van der Waals surface area contributed by atoms with Crippen molar-refractivity contribution in [2.24, 2.45) is 0 Å². The molecule has 1 aromatic carbocycles. The maximum absolute atomic E-state index is 11.9. The maximum Gasteiger partial charge on any atom is 0.326 e. The fraction of sp³-hybridized carbons (Fsp3) is 0.429. The van der Waals surface area contributed by atoms with Gasteiger partial charge in [-0.2, -0.15) is 0 Å². The lowest BCUT2D eigenvalue weighted by molar-refractivity contribution is -0.152. The average molecular weight is 279 g/mol. The predicted octanol–water partition coefficient (Wildman–Crippen LogP) is 0.214. The Morgan fingerprint density at radius 3 is 2.65 bits per heavy atom. The average Bonchev–Trinajstić information content (AvgIpc) is 2.48. The maximum atomic E-state index is 11.9. The summed E-state index contributed by atoms with van der Waals surface area (Å²) in [5, 5.41) is 11.7. The van der Waals surface area contributed by atoms with Gasteiger partial charge >= 0.3 is 5.97 Å². The summed E-state index contributed by atoms with van der Waals surface area (Å²) in [5.41, 5.74) is 0.848. The number of benzene rings is 1. The number of rotatable bonds is 5. The summed E-state index contributed by atoms with van der Waals surface area (Å²) in [6, 6.07) is 8.17. The number of nitrogens with one attached hydrogen (secondary N) is 1. The second-order valence-electron chi connectivity index (χ2n) is 4.52. The van der Waals surface area contributed by atoms with Gasteiger partial charge in [0.25, 0.3) is 5.91 Å². The number of carboxylic acid groups (broad SMARTS) is 1. The minimum Gasteiger partial charge on any atom is -0.480 e. The third kappa shape index (κ3) is 4.04. The Labute approximate surface area is 116 Å². The van der Waals surface area contributed by atoms with E-state index in [0.717, 1.165) is 5.56 Å². The van der Waals surface area contributed by atoms with Gasteiger partial charge in [0.15, 0.2) is 6.10 Å². The van der Waals surface area contributed by atoms with Crippen molar-refractivity contribution >= 4 is 11.9 Å². The van der Waals surface area contributed by atoms with Crippen molar-refractivity contribution < 1.29 is 24.2 Å². The summed E-state index contributed by atoms with van der Waals surface area (Å²) < 4.78 is 10.4. The minimum atomic E-state index is -1.07. The second kappa shape index (κ2) is 7.02. The number of aliphatic carboxylic acids is 1. The highest BCUT2D eigenvalue weighted by atomic mass is 16.6. The molecule has 0 spiro atoms. The Balaban J connectivity index is 1.95. The molecule has 2 N–H and O–H groups in total. The van der Waals surface area contributed by atoms with E-state index in [1.165, 1.54) is 0 Å². The molecule has 0 unspecified atom stereocenters. The molecular formula is C14H17NO5. The summed E-state index contributed by atoms with van der Waals surface area (Å²) in [7, 11) is 0. The van der Waals surface area contributed by atoms with Crippen LogP contribution < -0.4 is 5.32 Å². The molecule has 2 rings (SSSR count). The van der Waals surface area contributed by atoms with Crippen LogP contribution in [0.25, 0.3) is 0 Å². The van der Waals surface area contributed by atoms with Gasteiger partial charge in [0.05, 0.1) is 19.8 Å². The number of ether oxygens (including phenoxy) is 2. The van der Waals surface area contributed by atoms with Crippen LogP contribution in [0.3, 0.4) is 0 Å². The van der Waals surface area contributed by atoms with E-state index in [4.69, 9.17) is 9.47 Å². The number of carboxylic acids is 1. The van der Waals surface area contributed by atoms with Gasteiger partial charge < -0.3 is 19.9 Å². The topological polar surface area (TPSA) is 84.9 Å². The minimum absolute atomic E-state index is 0.156. The first kappa shape index (κ1) is 14.5. The fourth-order valence-electron chi connectivity index (χ4n) is 1.95. The van der Waals surface area contributed by atoms with E-state index in [-0.39, 0.29) is 13.0 Å². The zero-order chi connectivity index (χ0) is 14.4. The highest BCUT2D eigenvalue weighted by molar-refractivity contribution is 5.86. The van der Waals surface area contributed by atoms with Crippen LogP contribution >= 0.6 is 0 Å². The van der Waals surface area contributed by atoms with Crippen molar-refractivity contribution in [3.05, 3.63) is 35.9 Å². The van der Waals surface area contributed by atoms with Gasteiger partial charge in [-0.25, -0.2) is 4.79 Å². The van der Waals surface area contributed by atoms with Crippen LogP contribution in [0.2, 0.25) is 0 Å². The summed E-state index contributed by atoms with van der Waals surface area (Å²) in [5.74, 6) is -1.52. The Morgan fingerprint density at radius 1 is 1.30 bits per heavy atom. The highest BCUT2D eigenvalue weighted by Gasteiger charge is 2.27. The van der Waals surface area contributed by atoms with Gasteiger partial charge in [-0.1, -0.05) is 30.3 Å². The molecule has 1 aromatic rings. The SMILES string of the molecule is O=C(O)[C@H](Cc1ccccc1)NC(=O)[C@@H]1COCCO1. The molecule has 6 heteroatoms. The van der Waals surface area contributed by atoms with Crippen molar-refractivity contribution in [3.8, 4) is 0 Å². The predicted molar refractivity (Wildman–Crippen MR) is 70.3 cm³/mol. The lowest BCUT2D eigenvalue weighted by atomic mass is 10.1. The molecule has 1 amide bonds. The summed E-state index contributed by atoms with van der Waals surface area (Å²) >= 11 is 0.